The summed E-state index contributed by atoms with van der Waals surface area (Å²) in [6.45, 7) is 33.0. The molecule has 1 heterocycles. The van der Waals surface area contributed by atoms with Crippen LogP contribution >= 0.6 is 0 Å². The third kappa shape index (κ3) is 11.3. The maximum Gasteiger partial charge on any atom is 0.164 e. The molecule has 0 aliphatic heterocycles. The summed E-state index contributed by atoms with van der Waals surface area (Å²) in [7, 11) is 0. The number of aromatic nitrogens is 3. The lowest BCUT2D eigenvalue weighted by molar-refractivity contribution is 0.488. The summed E-state index contributed by atoms with van der Waals surface area (Å²) < 4.78 is 0. The van der Waals surface area contributed by atoms with Gasteiger partial charge in [0.1, 0.15) is 0 Å². The first-order chi connectivity index (χ1) is 32.7. The summed E-state index contributed by atoms with van der Waals surface area (Å²) in [6.07, 6.45) is 19.8. The summed E-state index contributed by atoms with van der Waals surface area (Å²) in [5, 5.41) is 0. The smallest absolute Gasteiger partial charge is 0.164 e. The Bertz CT molecular complexity index is 2850. The van der Waals surface area contributed by atoms with Gasteiger partial charge in [-0.2, -0.15) is 0 Å². The van der Waals surface area contributed by atoms with Crippen LogP contribution in [0.25, 0.3) is 56.4 Å². The topological polar surface area (TPSA) is 38.7 Å². The highest BCUT2D eigenvalue weighted by Crippen LogP contribution is 2.52. The number of hydrogen-bond acceptors (Lipinski definition) is 3. The number of aryl methyl sites for hydroxylation is 1. The van der Waals surface area contributed by atoms with E-state index in [0.717, 1.165) is 42.4 Å². The molecular formula is C65H75N3. The van der Waals surface area contributed by atoms with Crippen molar-refractivity contribution in [1.29, 1.82) is 0 Å². The van der Waals surface area contributed by atoms with Gasteiger partial charge in [-0.1, -0.05) is 227 Å². The van der Waals surface area contributed by atoms with E-state index >= 15 is 0 Å². The van der Waals surface area contributed by atoms with Crippen LogP contribution in [0.2, 0.25) is 0 Å². The monoisotopic (exact) mass is 898 g/mol. The first kappa shape index (κ1) is 51.0. The summed E-state index contributed by atoms with van der Waals surface area (Å²) in [4.78, 5) is 15.9. The maximum atomic E-state index is 5.41. The van der Waals surface area contributed by atoms with Gasteiger partial charge in [0.25, 0.3) is 0 Å². The molecule has 3 heteroatoms. The van der Waals surface area contributed by atoms with Gasteiger partial charge in [-0.15, -0.1) is 13.2 Å². The fraction of sp³-hybridized carbons (Fsp3) is 0.308. The van der Waals surface area contributed by atoms with Crippen molar-refractivity contribution >= 4 is 11.1 Å². The standard InChI is InChI=1S/C61H65N3.C2H6.C2H4/c1-11-40(3)54-39-45(32-35-49(54)42-23-16-13-14-17-24-42)58-62-57(43-25-18-15-19-26-43)63-59(64-58)53-30-22-29-52-55(50-27-20-21-28-51(50)56(52)53)38-44(31-33-46(12-2)60(5,6)7)48-36-34-47(37-41(48)4)61(8,9)10;2*1-2/h13,15-37,39-40,55H,11-12,14,38H2,1-10H3;1-2H3;1-2H2/b44-31+,46-33+;;. The molecule has 6 aromatic rings. The quantitative estimate of drug-likeness (QED) is 0.0961. The van der Waals surface area contributed by atoms with Crippen molar-refractivity contribution in [3.8, 4) is 45.3 Å². The minimum absolute atomic E-state index is 0.0744. The number of nitrogens with zero attached hydrogens (tertiary/aromatic N) is 3. The van der Waals surface area contributed by atoms with Crippen molar-refractivity contribution in [1.82, 2.24) is 15.0 Å². The molecule has 68 heavy (non-hydrogen) atoms. The third-order valence-corrected chi connectivity index (χ3v) is 13.4. The SMILES string of the molecule is C=C.CC.CC/C(=C\C=C(/CC1c2ccccc2-c2c(-c3nc(-c4ccccc4)nc(-c4ccc(C5=CC=CCC=C5)c(C(C)CC)c4)n3)cccc21)c1ccc(C(C)(C)C)cc1C)C(C)(C)C. The van der Waals surface area contributed by atoms with E-state index < -0.39 is 0 Å². The fourth-order valence-corrected chi connectivity index (χ4v) is 9.53. The molecule has 1 aromatic heterocycles. The Labute approximate surface area is 410 Å². The average Bonchev–Trinajstić information content (AvgIpc) is 3.46. The lowest BCUT2D eigenvalue weighted by atomic mass is 9.81. The molecule has 0 N–H and O–H groups in total. The zero-order chi connectivity index (χ0) is 49.2. The van der Waals surface area contributed by atoms with Gasteiger partial charge in [-0.05, 0) is 117 Å². The molecule has 0 radical (unpaired) electrons. The van der Waals surface area contributed by atoms with E-state index in [-0.39, 0.29) is 16.7 Å². The van der Waals surface area contributed by atoms with Crippen molar-refractivity contribution in [2.75, 3.05) is 0 Å². The summed E-state index contributed by atoms with van der Waals surface area (Å²) in [5.41, 5.74) is 18.9. The molecule has 0 bridgehead atoms. The number of allylic oxidation sites excluding steroid dienone is 10. The summed E-state index contributed by atoms with van der Waals surface area (Å²) in [5.74, 6) is 2.55. The van der Waals surface area contributed by atoms with Gasteiger partial charge in [0.15, 0.2) is 17.5 Å². The van der Waals surface area contributed by atoms with Crippen LogP contribution in [0.1, 0.15) is 153 Å². The lowest BCUT2D eigenvalue weighted by Crippen LogP contribution is -2.11. The van der Waals surface area contributed by atoms with Gasteiger partial charge in [0.05, 0.1) is 0 Å². The van der Waals surface area contributed by atoms with Crippen LogP contribution in [0.5, 0.6) is 0 Å². The summed E-state index contributed by atoms with van der Waals surface area (Å²) in [6, 6.07) is 40.0. The van der Waals surface area contributed by atoms with Gasteiger partial charge in [0, 0.05) is 22.6 Å². The Morgan fingerprint density at radius 1 is 0.691 bits per heavy atom. The second-order valence-corrected chi connectivity index (χ2v) is 19.9. The minimum Gasteiger partial charge on any atom is -0.208 e. The Morgan fingerprint density at radius 2 is 1.35 bits per heavy atom. The molecule has 5 aromatic carbocycles. The number of fused-ring (bicyclic) bond motifs is 3. The van der Waals surface area contributed by atoms with E-state index in [1.807, 2.05) is 19.9 Å². The molecule has 0 fully saturated rings. The van der Waals surface area contributed by atoms with Crippen LogP contribution in [-0.2, 0) is 5.41 Å². The number of benzene rings is 5. The second-order valence-electron chi connectivity index (χ2n) is 19.9. The van der Waals surface area contributed by atoms with Gasteiger partial charge in [0.2, 0.25) is 0 Å². The van der Waals surface area contributed by atoms with E-state index in [1.54, 1.807) is 0 Å². The van der Waals surface area contributed by atoms with E-state index in [1.165, 1.54) is 66.8 Å². The molecule has 0 saturated heterocycles. The molecule has 0 saturated carbocycles. The van der Waals surface area contributed by atoms with E-state index in [0.29, 0.717) is 23.4 Å². The van der Waals surface area contributed by atoms with Crippen molar-refractivity contribution in [3.63, 3.8) is 0 Å². The minimum atomic E-state index is 0.0744. The van der Waals surface area contributed by atoms with Crippen LogP contribution in [0.3, 0.4) is 0 Å². The van der Waals surface area contributed by atoms with Crippen molar-refractivity contribution in [2.24, 2.45) is 5.41 Å². The average molecular weight is 898 g/mol. The van der Waals surface area contributed by atoms with Gasteiger partial charge in [-0.3, -0.25) is 0 Å². The molecule has 2 aliphatic rings. The van der Waals surface area contributed by atoms with E-state index in [4.69, 9.17) is 15.0 Å². The van der Waals surface area contributed by atoms with Crippen LogP contribution in [0.15, 0.2) is 170 Å². The van der Waals surface area contributed by atoms with Gasteiger partial charge in [-0.25, -0.2) is 15.0 Å². The van der Waals surface area contributed by atoms with Crippen LogP contribution in [0, 0.1) is 12.3 Å². The van der Waals surface area contributed by atoms with Crippen LogP contribution < -0.4 is 0 Å². The Balaban J connectivity index is 0.00000185. The van der Waals surface area contributed by atoms with Gasteiger partial charge < -0.3 is 0 Å². The Hall–Kier alpha value is -6.45. The van der Waals surface area contributed by atoms with Crippen molar-refractivity contribution in [2.45, 2.75) is 126 Å². The first-order valence-electron chi connectivity index (χ1n) is 25.0. The van der Waals surface area contributed by atoms with E-state index in [9.17, 15) is 0 Å². The Kier molecular flexibility index (Phi) is 16.9. The van der Waals surface area contributed by atoms with E-state index in [2.05, 4.69) is 228 Å². The molecule has 8 rings (SSSR count). The molecule has 2 atom stereocenters. The number of rotatable bonds is 11. The zero-order valence-electron chi connectivity index (χ0n) is 43.2. The predicted octanol–water partition coefficient (Wildman–Crippen LogP) is 18.7. The zero-order valence-corrected chi connectivity index (χ0v) is 43.2. The first-order valence-corrected chi connectivity index (χ1v) is 25.0. The highest BCUT2D eigenvalue weighted by atomic mass is 15.0. The van der Waals surface area contributed by atoms with Crippen molar-refractivity contribution in [3.05, 3.63) is 209 Å². The summed E-state index contributed by atoms with van der Waals surface area (Å²) >= 11 is 0. The Morgan fingerprint density at radius 3 is 2.03 bits per heavy atom. The predicted molar refractivity (Wildman–Crippen MR) is 296 cm³/mol. The maximum absolute atomic E-state index is 5.41. The normalized spacial score (nSPS) is 14.9. The van der Waals surface area contributed by atoms with Crippen LogP contribution in [-0.4, -0.2) is 15.0 Å². The number of hydrogen-bond donors (Lipinski definition) is 0. The molecule has 0 amide bonds. The molecule has 2 unspecified atom stereocenters. The van der Waals surface area contributed by atoms with Crippen molar-refractivity contribution < 1.29 is 0 Å². The third-order valence-electron chi connectivity index (χ3n) is 13.4. The molecule has 3 nitrogen and oxygen atoms in total. The molecule has 2 aliphatic carbocycles. The molecular weight excluding hydrogens is 823 g/mol. The van der Waals surface area contributed by atoms with Crippen LogP contribution in [0.4, 0.5) is 0 Å². The fourth-order valence-electron chi connectivity index (χ4n) is 9.53. The largest absolute Gasteiger partial charge is 0.208 e. The van der Waals surface area contributed by atoms with Gasteiger partial charge >= 0.3 is 0 Å². The lowest BCUT2D eigenvalue weighted by Gasteiger charge is -2.24. The molecule has 350 valence electrons. The highest BCUT2D eigenvalue weighted by molar-refractivity contribution is 5.91. The molecule has 0 spiro atoms. The highest BCUT2D eigenvalue weighted by Gasteiger charge is 2.33. The second kappa shape index (κ2) is 22.6.